The standard InChI is InChI=1S/C37H74NO8P/c1-3-5-7-9-11-13-15-17-19-21-23-25-29-36(39)43-33-35(34-45-47(41,42)44-32-28-27-31-38)46-37(40)30-26-24-22-20-18-16-14-12-10-8-6-4-2/h35H,3-34,38H2,1-2H3,(H,41,42)/p-1/t35-/m0/s1. The molecule has 0 saturated heterocycles. The summed E-state index contributed by atoms with van der Waals surface area (Å²) in [6.45, 7) is 4.16. The maximum absolute atomic E-state index is 12.5. The van der Waals surface area contributed by atoms with Gasteiger partial charge in [-0.3, -0.25) is 14.2 Å². The summed E-state index contributed by atoms with van der Waals surface area (Å²) < 4.78 is 32.8. The average molecular weight is 691 g/mol. The Morgan fingerprint density at radius 1 is 0.553 bits per heavy atom. The minimum absolute atomic E-state index is 0.0323. The summed E-state index contributed by atoms with van der Waals surface area (Å²) in [6, 6.07) is 0. The lowest BCUT2D eigenvalue weighted by Gasteiger charge is -2.25. The number of carbonyl (C=O) groups excluding carboxylic acids is 2. The molecule has 0 aliphatic rings. The van der Waals surface area contributed by atoms with Gasteiger partial charge in [0.1, 0.15) is 6.61 Å². The number of hydrogen-bond acceptors (Lipinski definition) is 9. The molecule has 0 aromatic rings. The number of unbranched alkanes of at least 4 members (excludes halogenated alkanes) is 23. The Morgan fingerprint density at radius 2 is 0.957 bits per heavy atom. The molecule has 0 aliphatic heterocycles. The lowest BCUT2D eigenvalue weighted by Crippen LogP contribution is -2.30. The van der Waals surface area contributed by atoms with Crippen LogP contribution in [0, 0.1) is 0 Å². The minimum Gasteiger partial charge on any atom is -0.756 e. The molecular weight excluding hydrogens is 617 g/mol. The molecule has 0 amide bonds. The molecule has 47 heavy (non-hydrogen) atoms. The van der Waals surface area contributed by atoms with Crippen molar-refractivity contribution in [3.63, 3.8) is 0 Å². The quantitative estimate of drug-likeness (QED) is 0.0383. The third-order valence-electron chi connectivity index (χ3n) is 8.46. The van der Waals surface area contributed by atoms with E-state index in [4.69, 9.17) is 24.3 Å². The molecule has 2 atom stereocenters. The molecule has 0 aromatic heterocycles. The number of hydrogen-bond donors (Lipinski definition) is 1. The topological polar surface area (TPSA) is 137 Å². The fourth-order valence-electron chi connectivity index (χ4n) is 5.47. The summed E-state index contributed by atoms with van der Waals surface area (Å²) in [6.07, 6.45) is 29.4. The van der Waals surface area contributed by atoms with Gasteiger partial charge in [0, 0.05) is 12.8 Å². The highest BCUT2D eigenvalue weighted by Gasteiger charge is 2.21. The van der Waals surface area contributed by atoms with Crippen LogP contribution in [0.3, 0.4) is 0 Å². The molecule has 0 radical (unpaired) electrons. The second kappa shape index (κ2) is 34.9. The van der Waals surface area contributed by atoms with E-state index in [0.717, 1.165) is 32.1 Å². The fourth-order valence-corrected chi connectivity index (χ4v) is 6.25. The van der Waals surface area contributed by atoms with Crippen molar-refractivity contribution in [2.45, 2.75) is 200 Å². The molecular formula is C37H73NO8P-. The van der Waals surface area contributed by atoms with Gasteiger partial charge in [-0.25, -0.2) is 0 Å². The molecule has 10 heteroatoms. The van der Waals surface area contributed by atoms with Crippen LogP contribution in [0.4, 0.5) is 0 Å². The number of ether oxygens (including phenoxy) is 2. The first-order valence-corrected chi connectivity index (χ1v) is 21.0. The van der Waals surface area contributed by atoms with E-state index >= 15 is 0 Å². The number of phosphoric acid groups is 1. The van der Waals surface area contributed by atoms with Gasteiger partial charge in [0.25, 0.3) is 7.82 Å². The van der Waals surface area contributed by atoms with E-state index < -0.39 is 26.5 Å². The third kappa shape index (κ3) is 34.7. The van der Waals surface area contributed by atoms with Crippen LogP contribution < -0.4 is 10.6 Å². The summed E-state index contributed by atoms with van der Waals surface area (Å²) in [4.78, 5) is 37.1. The first-order chi connectivity index (χ1) is 22.8. The van der Waals surface area contributed by atoms with Gasteiger partial charge < -0.3 is 29.1 Å². The lowest BCUT2D eigenvalue weighted by atomic mass is 10.0. The summed E-state index contributed by atoms with van der Waals surface area (Å²) in [5.74, 6) is -0.838. The second-order valence-electron chi connectivity index (χ2n) is 13.1. The molecule has 1 unspecified atom stereocenters. The highest BCUT2D eigenvalue weighted by atomic mass is 31.2. The molecule has 2 N–H and O–H groups in total. The summed E-state index contributed by atoms with van der Waals surface area (Å²) in [5, 5.41) is 0. The largest absolute Gasteiger partial charge is 0.756 e. The van der Waals surface area contributed by atoms with Gasteiger partial charge in [-0.15, -0.1) is 0 Å². The van der Waals surface area contributed by atoms with E-state index in [-0.39, 0.29) is 32.0 Å². The highest BCUT2D eigenvalue weighted by molar-refractivity contribution is 7.45. The van der Waals surface area contributed by atoms with Crippen LogP contribution in [0.1, 0.15) is 194 Å². The Hall–Kier alpha value is -0.990. The van der Waals surface area contributed by atoms with E-state index in [9.17, 15) is 19.0 Å². The zero-order valence-electron chi connectivity index (χ0n) is 30.5. The first kappa shape index (κ1) is 46.0. The molecule has 0 saturated carbocycles. The molecule has 0 rings (SSSR count). The van der Waals surface area contributed by atoms with Crippen molar-refractivity contribution in [3.8, 4) is 0 Å². The van der Waals surface area contributed by atoms with Crippen molar-refractivity contribution >= 4 is 19.8 Å². The Labute approximate surface area is 288 Å². The number of esters is 2. The van der Waals surface area contributed by atoms with Gasteiger partial charge >= 0.3 is 11.9 Å². The van der Waals surface area contributed by atoms with Gasteiger partial charge in [0.05, 0.1) is 13.2 Å². The Bertz CT molecular complexity index is 754. The normalized spacial score (nSPS) is 13.4. The summed E-state index contributed by atoms with van der Waals surface area (Å²) in [7, 11) is -4.59. The average Bonchev–Trinajstić information content (AvgIpc) is 3.05. The highest BCUT2D eigenvalue weighted by Crippen LogP contribution is 2.38. The monoisotopic (exact) mass is 691 g/mol. The van der Waals surface area contributed by atoms with Gasteiger partial charge in [0.15, 0.2) is 6.10 Å². The lowest BCUT2D eigenvalue weighted by molar-refractivity contribution is -0.228. The smallest absolute Gasteiger partial charge is 0.306 e. The molecule has 0 heterocycles. The van der Waals surface area contributed by atoms with E-state index in [1.54, 1.807) is 0 Å². The van der Waals surface area contributed by atoms with E-state index in [2.05, 4.69) is 13.8 Å². The fraction of sp³-hybridized carbons (Fsp3) is 0.946. The maximum atomic E-state index is 12.5. The van der Waals surface area contributed by atoms with Gasteiger partial charge in [-0.2, -0.15) is 0 Å². The van der Waals surface area contributed by atoms with Crippen LogP contribution in [0.2, 0.25) is 0 Å². The van der Waals surface area contributed by atoms with Gasteiger partial charge in [-0.1, -0.05) is 155 Å². The van der Waals surface area contributed by atoms with E-state index in [1.807, 2.05) is 0 Å². The zero-order chi connectivity index (χ0) is 34.7. The Morgan fingerprint density at radius 3 is 1.38 bits per heavy atom. The molecule has 9 nitrogen and oxygen atoms in total. The minimum atomic E-state index is -4.59. The van der Waals surface area contributed by atoms with Crippen LogP contribution in [-0.2, 0) is 32.7 Å². The van der Waals surface area contributed by atoms with Gasteiger partial charge in [-0.05, 0) is 32.2 Å². The molecule has 0 aromatic carbocycles. The number of carbonyl (C=O) groups is 2. The Balaban J connectivity index is 4.32. The van der Waals surface area contributed by atoms with Crippen molar-refractivity contribution < 1.29 is 37.6 Å². The SMILES string of the molecule is CCCCCCCCCCCCCCC(=O)OC[C@@H](COP(=O)([O-])OCCCCN)OC(=O)CCCCCCCCCCCCCC. The molecule has 280 valence electrons. The molecule has 0 fully saturated rings. The predicted molar refractivity (Wildman–Crippen MR) is 190 cm³/mol. The molecule has 0 bridgehead atoms. The Kier molecular flexibility index (Phi) is 34.1. The predicted octanol–water partition coefficient (Wildman–Crippen LogP) is 9.86. The van der Waals surface area contributed by atoms with Crippen molar-refractivity contribution in [1.29, 1.82) is 0 Å². The van der Waals surface area contributed by atoms with E-state index in [1.165, 1.54) is 116 Å². The summed E-state index contributed by atoms with van der Waals surface area (Å²) in [5.41, 5.74) is 5.43. The zero-order valence-corrected chi connectivity index (χ0v) is 31.4. The van der Waals surface area contributed by atoms with Crippen molar-refractivity contribution in [2.24, 2.45) is 5.73 Å². The van der Waals surface area contributed by atoms with Crippen LogP contribution in [0.5, 0.6) is 0 Å². The van der Waals surface area contributed by atoms with Crippen LogP contribution in [0.25, 0.3) is 0 Å². The van der Waals surface area contributed by atoms with Gasteiger partial charge in [0.2, 0.25) is 0 Å². The molecule has 0 spiro atoms. The van der Waals surface area contributed by atoms with Crippen LogP contribution in [0.15, 0.2) is 0 Å². The number of nitrogens with two attached hydrogens (primary N) is 1. The van der Waals surface area contributed by atoms with Crippen molar-refractivity contribution in [1.82, 2.24) is 0 Å². The third-order valence-corrected chi connectivity index (χ3v) is 9.43. The molecule has 0 aliphatic carbocycles. The van der Waals surface area contributed by atoms with Crippen molar-refractivity contribution in [2.75, 3.05) is 26.4 Å². The second-order valence-corrected chi connectivity index (χ2v) is 14.6. The first-order valence-electron chi connectivity index (χ1n) is 19.5. The maximum Gasteiger partial charge on any atom is 0.306 e. The number of phosphoric ester groups is 1. The number of rotatable bonds is 37. The van der Waals surface area contributed by atoms with Crippen LogP contribution >= 0.6 is 7.82 Å². The van der Waals surface area contributed by atoms with Crippen LogP contribution in [-0.4, -0.2) is 44.4 Å². The van der Waals surface area contributed by atoms with Crippen molar-refractivity contribution in [3.05, 3.63) is 0 Å². The summed E-state index contributed by atoms with van der Waals surface area (Å²) >= 11 is 0. The van der Waals surface area contributed by atoms with E-state index in [0.29, 0.717) is 25.8 Å².